The number of hydrogen-bond acceptors (Lipinski definition) is 1. The SMILES string of the molecule is Clc1ccc(NC2C=CCC2)cc1Cl. The van der Waals surface area contributed by atoms with Crippen LogP contribution < -0.4 is 5.32 Å². The summed E-state index contributed by atoms with van der Waals surface area (Å²) >= 11 is 11.7. The lowest BCUT2D eigenvalue weighted by Gasteiger charge is -2.12. The van der Waals surface area contributed by atoms with Gasteiger partial charge in [0.1, 0.15) is 0 Å². The monoisotopic (exact) mass is 227 g/mol. The summed E-state index contributed by atoms with van der Waals surface area (Å²) in [5.41, 5.74) is 1.02. The first-order valence-electron chi connectivity index (χ1n) is 4.64. The van der Waals surface area contributed by atoms with Gasteiger partial charge in [0.2, 0.25) is 0 Å². The predicted molar refractivity (Wildman–Crippen MR) is 62.2 cm³/mol. The smallest absolute Gasteiger partial charge is 0.0612 e. The second-order valence-electron chi connectivity index (χ2n) is 3.39. The van der Waals surface area contributed by atoms with Crippen LogP contribution in [0, 0.1) is 0 Å². The first-order chi connectivity index (χ1) is 6.75. The van der Waals surface area contributed by atoms with Gasteiger partial charge >= 0.3 is 0 Å². The molecule has 0 amide bonds. The maximum Gasteiger partial charge on any atom is 0.0612 e. The van der Waals surface area contributed by atoms with Gasteiger partial charge in [-0.2, -0.15) is 0 Å². The van der Waals surface area contributed by atoms with Crippen molar-refractivity contribution in [3.05, 3.63) is 40.4 Å². The minimum absolute atomic E-state index is 0.437. The lowest BCUT2D eigenvalue weighted by atomic mass is 10.2. The molecule has 2 rings (SSSR count). The molecule has 0 saturated heterocycles. The molecule has 1 aromatic rings. The van der Waals surface area contributed by atoms with Crippen molar-refractivity contribution in [2.75, 3.05) is 5.32 Å². The molecule has 14 heavy (non-hydrogen) atoms. The van der Waals surface area contributed by atoms with Gasteiger partial charge in [-0.15, -0.1) is 0 Å². The molecule has 1 aliphatic rings. The maximum absolute atomic E-state index is 5.91. The highest BCUT2D eigenvalue weighted by atomic mass is 35.5. The summed E-state index contributed by atoms with van der Waals surface area (Å²) in [6.45, 7) is 0. The first kappa shape index (κ1) is 9.88. The van der Waals surface area contributed by atoms with Crippen molar-refractivity contribution < 1.29 is 0 Å². The number of nitrogens with one attached hydrogen (secondary N) is 1. The molecule has 1 aromatic carbocycles. The number of allylic oxidation sites excluding steroid dienone is 1. The highest BCUT2D eigenvalue weighted by molar-refractivity contribution is 6.42. The highest BCUT2D eigenvalue weighted by Gasteiger charge is 2.08. The van der Waals surface area contributed by atoms with Gasteiger partial charge in [0.25, 0.3) is 0 Å². The minimum Gasteiger partial charge on any atom is -0.379 e. The fourth-order valence-corrected chi connectivity index (χ4v) is 1.85. The van der Waals surface area contributed by atoms with Crippen LogP contribution in [-0.4, -0.2) is 6.04 Å². The van der Waals surface area contributed by atoms with Gasteiger partial charge in [0, 0.05) is 11.7 Å². The molecule has 0 heterocycles. The number of benzene rings is 1. The Balaban J connectivity index is 2.09. The van der Waals surface area contributed by atoms with E-state index in [1.165, 1.54) is 0 Å². The number of anilines is 1. The second-order valence-corrected chi connectivity index (χ2v) is 4.20. The third kappa shape index (κ3) is 2.23. The minimum atomic E-state index is 0.437. The zero-order chi connectivity index (χ0) is 9.97. The Hall–Kier alpha value is -0.660. The topological polar surface area (TPSA) is 12.0 Å². The van der Waals surface area contributed by atoms with Crippen molar-refractivity contribution in [3.8, 4) is 0 Å². The lowest BCUT2D eigenvalue weighted by Crippen LogP contribution is -2.13. The predicted octanol–water partition coefficient (Wildman–Crippen LogP) is 4.12. The van der Waals surface area contributed by atoms with Crippen molar-refractivity contribution in [3.63, 3.8) is 0 Å². The fourth-order valence-electron chi connectivity index (χ4n) is 1.55. The normalized spacial score (nSPS) is 20.0. The van der Waals surface area contributed by atoms with Crippen molar-refractivity contribution in [1.82, 2.24) is 0 Å². The van der Waals surface area contributed by atoms with Gasteiger partial charge in [-0.3, -0.25) is 0 Å². The Morgan fingerprint density at radius 3 is 2.71 bits per heavy atom. The molecule has 1 N–H and O–H groups in total. The van der Waals surface area contributed by atoms with Crippen LogP contribution in [0.3, 0.4) is 0 Å². The van der Waals surface area contributed by atoms with Crippen LogP contribution in [0.1, 0.15) is 12.8 Å². The van der Waals surface area contributed by atoms with Gasteiger partial charge in [-0.25, -0.2) is 0 Å². The molecule has 1 nitrogen and oxygen atoms in total. The average molecular weight is 228 g/mol. The van der Waals surface area contributed by atoms with Gasteiger partial charge in [-0.1, -0.05) is 35.4 Å². The zero-order valence-electron chi connectivity index (χ0n) is 7.63. The third-order valence-corrected chi connectivity index (χ3v) is 3.02. The third-order valence-electron chi connectivity index (χ3n) is 2.28. The number of halogens is 2. The van der Waals surface area contributed by atoms with E-state index in [9.17, 15) is 0 Å². The molecule has 0 radical (unpaired) electrons. The van der Waals surface area contributed by atoms with E-state index in [0.29, 0.717) is 16.1 Å². The molecule has 1 atom stereocenters. The Labute approximate surface area is 93.7 Å². The van der Waals surface area contributed by atoms with E-state index < -0.39 is 0 Å². The molecule has 1 aliphatic carbocycles. The van der Waals surface area contributed by atoms with Crippen molar-refractivity contribution in [2.45, 2.75) is 18.9 Å². The van der Waals surface area contributed by atoms with Crippen LogP contribution in [0.2, 0.25) is 10.0 Å². The van der Waals surface area contributed by atoms with E-state index in [4.69, 9.17) is 23.2 Å². The molecule has 3 heteroatoms. The average Bonchev–Trinajstić information content (AvgIpc) is 2.64. The molecule has 1 unspecified atom stereocenters. The molecule has 0 spiro atoms. The van der Waals surface area contributed by atoms with Gasteiger partial charge in [0.15, 0.2) is 0 Å². The van der Waals surface area contributed by atoms with E-state index in [0.717, 1.165) is 18.5 Å². The molecule has 0 aromatic heterocycles. The van der Waals surface area contributed by atoms with E-state index in [-0.39, 0.29) is 0 Å². The second kappa shape index (κ2) is 4.24. The van der Waals surface area contributed by atoms with Gasteiger partial charge in [-0.05, 0) is 31.0 Å². The van der Waals surface area contributed by atoms with E-state index in [2.05, 4.69) is 17.5 Å². The highest BCUT2D eigenvalue weighted by Crippen LogP contribution is 2.26. The van der Waals surface area contributed by atoms with Crippen molar-refractivity contribution in [1.29, 1.82) is 0 Å². The van der Waals surface area contributed by atoms with Gasteiger partial charge < -0.3 is 5.32 Å². The summed E-state index contributed by atoms with van der Waals surface area (Å²) in [6, 6.07) is 6.05. The molecule has 0 bridgehead atoms. The summed E-state index contributed by atoms with van der Waals surface area (Å²) in [6.07, 6.45) is 6.68. The quantitative estimate of drug-likeness (QED) is 0.750. The summed E-state index contributed by atoms with van der Waals surface area (Å²) in [5.74, 6) is 0. The largest absolute Gasteiger partial charge is 0.379 e. The standard InChI is InChI=1S/C11H11Cl2N/c12-10-6-5-9(7-11(10)13)14-8-3-1-2-4-8/h1,3,5-8,14H,2,4H2. The fraction of sp³-hybridized carbons (Fsp3) is 0.273. The van der Waals surface area contributed by atoms with Crippen LogP contribution in [-0.2, 0) is 0 Å². The lowest BCUT2D eigenvalue weighted by molar-refractivity contribution is 0.826. The molecule has 74 valence electrons. The Bertz CT molecular complexity index is 360. The van der Waals surface area contributed by atoms with E-state index >= 15 is 0 Å². The molecule has 0 fully saturated rings. The molecular formula is C11H11Cl2N. The molecular weight excluding hydrogens is 217 g/mol. The summed E-state index contributed by atoms with van der Waals surface area (Å²) < 4.78 is 0. The van der Waals surface area contributed by atoms with Crippen LogP contribution in [0.25, 0.3) is 0 Å². The van der Waals surface area contributed by atoms with Crippen LogP contribution in [0.5, 0.6) is 0 Å². The Morgan fingerprint density at radius 1 is 1.21 bits per heavy atom. The summed E-state index contributed by atoms with van der Waals surface area (Å²) in [7, 11) is 0. The summed E-state index contributed by atoms with van der Waals surface area (Å²) in [4.78, 5) is 0. The van der Waals surface area contributed by atoms with Crippen LogP contribution in [0.4, 0.5) is 5.69 Å². The van der Waals surface area contributed by atoms with Crippen LogP contribution in [0.15, 0.2) is 30.4 Å². The number of hydrogen-bond donors (Lipinski definition) is 1. The Kier molecular flexibility index (Phi) is 2.99. The maximum atomic E-state index is 5.91. The Morgan fingerprint density at radius 2 is 2.07 bits per heavy atom. The zero-order valence-corrected chi connectivity index (χ0v) is 9.15. The molecule has 0 aliphatic heterocycles. The number of rotatable bonds is 2. The van der Waals surface area contributed by atoms with E-state index in [1.807, 2.05) is 18.2 Å². The first-order valence-corrected chi connectivity index (χ1v) is 5.39. The van der Waals surface area contributed by atoms with E-state index in [1.54, 1.807) is 0 Å². The van der Waals surface area contributed by atoms with Crippen LogP contribution >= 0.6 is 23.2 Å². The van der Waals surface area contributed by atoms with Gasteiger partial charge in [0.05, 0.1) is 10.0 Å². The van der Waals surface area contributed by atoms with Crippen molar-refractivity contribution in [2.24, 2.45) is 0 Å². The molecule has 0 saturated carbocycles. The van der Waals surface area contributed by atoms with Crippen molar-refractivity contribution >= 4 is 28.9 Å². The summed E-state index contributed by atoms with van der Waals surface area (Å²) in [5, 5.41) is 4.57.